The van der Waals surface area contributed by atoms with Crippen molar-refractivity contribution in [3.8, 4) is 0 Å². The zero-order valence-electron chi connectivity index (χ0n) is 14.8. The van der Waals surface area contributed by atoms with Crippen molar-refractivity contribution in [3.05, 3.63) is 63.9 Å². The molecular formula is C21H25NO3S. The third-order valence-corrected chi connectivity index (χ3v) is 5.88. The van der Waals surface area contributed by atoms with Crippen LogP contribution in [0.15, 0.2) is 47.9 Å². The lowest BCUT2D eigenvalue weighted by Gasteiger charge is -2.33. The van der Waals surface area contributed by atoms with Crippen LogP contribution >= 0.6 is 11.3 Å². The minimum Gasteiger partial charge on any atom is -0.392 e. The summed E-state index contributed by atoms with van der Waals surface area (Å²) < 4.78 is 0. The monoisotopic (exact) mass is 371 g/mol. The number of piperidine rings is 1. The molecule has 1 aliphatic rings. The number of aliphatic hydroxyl groups excluding tert-OH is 2. The molecule has 2 N–H and O–H groups in total. The van der Waals surface area contributed by atoms with Crippen LogP contribution < -0.4 is 0 Å². The molecule has 4 nitrogen and oxygen atoms in total. The van der Waals surface area contributed by atoms with E-state index in [1.807, 2.05) is 52.8 Å². The van der Waals surface area contributed by atoms with Crippen molar-refractivity contribution in [2.24, 2.45) is 5.92 Å². The molecule has 1 aromatic heterocycles. The lowest BCUT2D eigenvalue weighted by Crippen LogP contribution is -2.41. The van der Waals surface area contributed by atoms with Crippen LogP contribution in [0.2, 0.25) is 0 Å². The Hall–Kier alpha value is -1.95. The van der Waals surface area contributed by atoms with Gasteiger partial charge in [-0.15, -0.1) is 11.3 Å². The van der Waals surface area contributed by atoms with E-state index in [-0.39, 0.29) is 24.5 Å². The first-order valence-electron chi connectivity index (χ1n) is 9.03. The number of thiophene rings is 1. The summed E-state index contributed by atoms with van der Waals surface area (Å²) in [6, 6.07) is 11.9. The van der Waals surface area contributed by atoms with Gasteiger partial charge in [0, 0.05) is 24.0 Å². The van der Waals surface area contributed by atoms with Gasteiger partial charge in [-0.3, -0.25) is 4.79 Å². The quantitative estimate of drug-likeness (QED) is 0.767. The van der Waals surface area contributed by atoms with Crippen LogP contribution in [0.3, 0.4) is 0 Å². The van der Waals surface area contributed by atoms with Crippen molar-refractivity contribution >= 4 is 23.3 Å². The number of likely N-dealkylation sites (tertiary alicyclic amines) is 1. The molecule has 1 atom stereocenters. The number of hydrogen-bond donors (Lipinski definition) is 2. The molecule has 0 spiro atoms. The molecule has 26 heavy (non-hydrogen) atoms. The molecule has 2 heterocycles. The van der Waals surface area contributed by atoms with Gasteiger partial charge in [0.05, 0.1) is 12.7 Å². The van der Waals surface area contributed by atoms with Crippen molar-refractivity contribution in [3.63, 3.8) is 0 Å². The van der Waals surface area contributed by atoms with Crippen LogP contribution in [-0.4, -0.2) is 40.2 Å². The van der Waals surface area contributed by atoms with Gasteiger partial charge in [0.25, 0.3) is 0 Å². The SMILES string of the molecule is O=C(/C=C/c1cc(CO)cs1)N1CCC(C(O)Cc2ccccc2)CC1. The van der Waals surface area contributed by atoms with Gasteiger partial charge >= 0.3 is 0 Å². The normalized spacial score (nSPS) is 16.9. The first-order valence-corrected chi connectivity index (χ1v) is 9.91. The summed E-state index contributed by atoms with van der Waals surface area (Å²) in [6.45, 7) is 1.40. The highest BCUT2D eigenvalue weighted by atomic mass is 32.1. The molecular weight excluding hydrogens is 346 g/mol. The Bertz CT molecular complexity index is 733. The van der Waals surface area contributed by atoms with Gasteiger partial charge in [-0.1, -0.05) is 30.3 Å². The molecule has 1 saturated heterocycles. The Morgan fingerprint density at radius 2 is 1.96 bits per heavy atom. The van der Waals surface area contributed by atoms with E-state index in [4.69, 9.17) is 5.11 Å². The van der Waals surface area contributed by atoms with Crippen molar-refractivity contribution in [2.45, 2.75) is 32.0 Å². The van der Waals surface area contributed by atoms with E-state index in [1.54, 1.807) is 6.08 Å². The van der Waals surface area contributed by atoms with E-state index in [0.717, 1.165) is 28.8 Å². The zero-order chi connectivity index (χ0) is 18.4. The molecule has 1 unspecified atom stereocenters. The smallest absolute Gasteiger partial charge is 0.246 e. The molecule has 0 radical (unpaired) electrons. The van der Waals surface area contributed by atoms with Crippen molar-refractivity contribution in [1.82, 2.24) is 4.90 Å². The largest absolute Gasteiger partial charge is 0.392 e. The van der Waals surface area contributed by atoms with E-state index in [9.17, 15) is 9.90 Å². The molecule has 1 aliphatic heterocycles. The van der Waals surface area contributed by atoms with Crippen molar-refractivity contribution in [2.75, 3.05) is 13.1 Å². The third-order valence-electron chi connectivity index (χ3n) is 4.93. The van der Waals surface area contributed by atoms with Gasteiger partial charge in [-0.25, -0.2) is 0 Å². The highest BCUT2D eigenvalue weighted by Gasteiger charge is 2.26. The molecule has 2 aromatic rings. The van der Waals surface area contributed by atoms with Crippen LogP contribution in [-0.2, 0) is 17.8 Å². The number of aliphatic hydroxyl groups is 2. The van der Waals surface area contributed by atoms with Gasteiger partial charge in [-0.05, 0) is 53.8 Å². The molecule has 0 saturated carbocycles. The van der Waals surface area contributed by atoms with E-state index < -0.39 is 0 Å². The van der Waals surface area contributed by atoms with Gasteiger partial charge in [0.1, 0.15) is 0 Å². The highest BCUT2D eigenvalue weighted by Crippen LogP contribution is 2.23. The number of nitrogens with zero attached hydrogens (tertiary/aromatic N) is 1. The Kier molecular flexibility index (Phi) is 6.61. The number of hydrogen-bond acceptors (Lipinski definition) is 4. The minimum absolute atomic E-state index is 0.0138. The van der Waals surface area contributed by atoms with E-state index >= 15 is 0 Å². The van der Waals surface area contributed by atoms with Crippen LogP contribution in [0.4, 0.5) is 0 Å². The first-order chi connectivity index (χ1) is 12.7. The average Bonchev–Trinajstić information content (AvgIpc) is 3.15. The highest BCUT2D eigenvalue weighted by molar-refractivity contribution is 7.11. The second-order valence-corrected chi connectivity index (χ2v) is 7.71. The van der Waals surface area contributed by atoms with Crippen LogP contribution in [0.5, 0.6) is 0 Å². The van der Waals surface area contributed by atoms with Gasteiger partial charge in [-0.2, -0.15) is 0 Å². The zero-order valence-corrected chi connectivity index (χ0v) is 15.6. The topological polar surface area (TPSA) is 60.8 Å². The minimum atomic E-state index is -0.354. The molecule has 1 fully saturated rings. The maximum Gasteiger partial charge on any atom is 0.246 e. The predicted molar refractivity (Wildman–Crippen MR) is 105 cm³/mol. The Morgan fingerprint density at radius 3 is 2.62 bits per heavy atom. The molecule has 1 aromatic carbocycles. The summed E-state index contributed by atoms with van der Waals surface area (Å²) in [7, 11) is 0. The van der Waals surface area contributed by atoms with Crippen LogP contribution in [0.25, 0.3) is 6.08 Å². The van der Waals surface area contributed by atoms with Crippen molar-refractivity contribution in [1.29, 1.82) is 0 Å². The van der Waals surface area contributed by atoms with Gasteiger partial charge < -0.3 is 15.1 Å². The fourth-order valence-corrected chi connectivity index (χ4v) is 4.15. The van der Waals surface area contributed by atoms with Gasteiger partial charge in [0.15, 0.2) is 0 Å². The first kappa shape index (κ1) is 18.8. The summed E-state index contributed by atoms with van der Waals surface area (Å²) in [5, 5.41) is 21.5. The summed E-state index contributed by atoms with van der Waals surface area (Å²) in [6.07, 6.45) is 5.40. The summed E-state index contributed by atoms with van der Waals surface area (Å²) in [5.41, 5.74) is 2.02. The standard InChI is InChI=1S/C21H25NO3S/c23-14-17-12-19(26-15-17)6-7-21(25)22-10-8-18(9-11-22)20(24)13-16-4-2-1-3-5-16/h1-7,12,15,18,20,23-24H,8-11,13-14H2/b7-6+. The summed E-state index contributed by atoms with van der Waals surface area (Å²) in [5.74, 6) is 0.257. The van der Waals surface area contributed by atoms with Gasteiger partial charge in [0.2, 0.25) is 5.91 Å². The van der Waals surface area contributed by atoms with E-state index in [2.05, 4.69) is 0 Å². The molecule has 0 aliphatic carbocycles. The molecule has 0 bridgehead atoms. The van der Waals surface area contributed by atoms with Crippen LogP contribution in [0, 0.1) is 5.92 Å². The maximum atomic E-state index is 12.3. The Labute approximate surface area is 158 Å². The molecule has 3 rings (SSSR count). The van der Waals surface area contributed by atoms with Crippen LogP contribution in [0.1, 0.15) is 28.8 Å². The number of amides is 1. The Morgan fingerprint density at radius 1 is 1.23 bits per heavy atom. The maximum absolute atomic E-state index is 12.3. The number of rotatable bonds is 6. The fraction of sp³-hybridized carbons (Fsp3) is 0.381. The molecule has 1 amide bonds. The summed E-state index contributed by atoms with van der Waals surface area (Å²) in [4.78, 5) is 15.2. The lowest BCUT2D eigenvalue weighted by atomic mass is 9.88. The lowest BCUT2D eigenvalue weighted by molar-refractivity contribution is -0.127. The number of carbonyl (C=O) groups excluding carboxylic acids is 1. The number of benzene rings is 1. The average molecular weight is 372 g/mol. The molecule has 138 valence electrons. The Balaban J connectivity index is 1.47. The van der Waals surface area contributed by atoms with E-state index in [1.165, 1.54) is 11.3 Å². The second-order valence-electron chi connectivity index (χ2n) is 6.77. The second kappa shape index (κ2) is 9.12. The van der Waals surface area contributed by atoms with Crippen molar-refractivity contribution < 1.29 is 15.0 Å². The van der Waals surface area contributed by atoms with E-state index in [0.29, 0.717) is 19.5 Å². The molecule has 5 heteroatoms. The third kappa shape index (κ3) is 5.04. The fourth-order valence-electron chi connectivity index (χ4n) is 3.35. The summed E-state index contributed by atoms with van der Waals surface area (Å²) >= 11 is 1.52. The number of carbonyl (C=O) groups is 1. The predicted octanol–water partition coefficient (Wildman–Crippen LogP) is 3.10.